The van der Waals surface area contributed by atoms with E-state index in [9.17, 15) is 5.11 Å². The van der Waals surface area contributed by atoms with Crippen LogP contribution >= 0.6 is 0 Å². The number of nitrogens with zero attached hydrogens (tertiary/aromatic N) is 5. The Balaban J connectivity index is 2.54. The number of amidine groups is 1. The van der Waals surface area contributed by atoms with Crippen molar-refractivity contribution in [3.8, 4) is 0 Å². The van der Waals surface area contributed by atoms with Crippen LogP contribution in [0.25, 0.3) is 11.0 Å². The fourth-order valence-electron chi connectivity index (χ4n) is 2.42. The van der Waals surface area contributed by atoms with Gasteiger partial charge in [0.15, 0.2) is 5.84 Å². The highest BCUT2D eigenvalue weighted by Gasteiger charge is 2.21. The topological polar surface area (TPSA) is 154 Å². The summed E-state index contributed by atoms with van der Waals surface area (Å²) < 4.78 is 7.63. The molecule has 0 aromatic carbocycles. The van der Waals surface area contributed by atoms with Crippen molar-refractivity contribution in [1.82, 2.24) is 19.7 Å². The van der Waals surface area contributed by atoms with Crippen LogP contribution in [0.3, 0.4) is 0 Å². The number of nitrogens with two attached hydrogens (primary N) is 3. The average Bonchev–Trinajstić information content (AvgIpc) is 2.93. The Bertz CT molecular complexity index is 723. The molecule has 2 aromatic rings. The Kier molecular flexibility index (Phi) is 5.54. The Morgan fingerprint density at radius 3 is 2.79 bits per heavy atom. The largest absolute Gasteiger partial charge is 0.394 e. The van der Waals surface area contributed by atoms with Gasteiger partial charge in [0.25, 0.3) is 0 Å². The number of hydrazine groups is 1. The van der Waals surface area contributed by atoms with Crippen LogP contribution in [0.1, 0.15) is 32.1 Å². The number of anilines is 1. The van der Waals surface area contributed by atoms with Gasteiger partial charge in [-0.1, -0.05) is 6.92 Å². The van der Waals surface area contributed by atoms with E-state index in [1.54, 1.807) is 17.8 Å². The molecule has 2 heterocycles. The second-order valence-corrected chi connectivity index (χ2v) is 5.41. The summed E-state index contributed by atoms with van der Waals surface area (Å²) in [7, 11) is 1.56. The smallest absolute Gasteiger partial charge is 0.154 e. The van der Waals surface area contributed by atoms with Gasteiger partial charge in [-0.25, -0.2) is 20.9 Å². The molecule has 10 heteroatoms. The van der Waals surface area contributed by atoms with Crippen LogP contribution in [-0.2, 0) is 4.74 Å². The van der Waals surface area contributed by atoms with E-state index in [1.807, 2.05) is 13.8 Å². The molecule has 0 saturated carbocycles. The van der Waals surface area contributed by atoms with Crippen molar-refractivity contribution in [3.63, 3.8) is 0 Å². The monoisotopic (exact) mass is 336 g/mol. The standard InChI is InChI=1S/C14H24N8O2/c1-4-9(6-23)24-8(2)22-5-10(12(15)20-21(3)17)11-13(16)18-7-19-14(11)22/h5,7-9,23H,4,6,17H2,1-3H3,(H2,15,20)(H2,16,18,19)/t8-,9+/m1/s1. The van der Waals surface area contributed by atoms with Gasteiger partial charge in [-0.2, -0.15) is 0 Å². The molecule has 0 aliphatic heterocycles. The van der Waals surface area contributed by atoms with E-state index in [-0.39, 0.29) is 24.4 Å². The van der Waals surface area contributed by atoms with E-state index >= 15 is 0 Å². The molecule has 0 unspecified atom stereocenters. The van der Waals surface area contributed by atoms with E-state index in [0.717, 1.165) is 5.12 Å². The predicted molar refractivity (Wildman–Crippen MR) is 91.6 cm³/mol. The van der Waals surface area contributed by atoms with E-state index < -0.39 is 6.23 Å². The zero-order valence-electron chi connectivity index (χ0n) is 14.0. The van der Waals surface area contributed by atoms with Gasteiger partial charge in [0, 0.05) is 18.8 Å². The molecule has 0 aliphatic rings. The molecule has 0 spiro atoms. The number of ether oxygens (including phenoxy) is 1. The van der Waals surface area contributed by atoms with Crippen LogP contribution < -0.4 is 17.3 Å². The van der Waals surface area contributed by atoms with Crippen molar-refractivity contribution in [3.05, 3.63) is 18.1 Å². The molecule has 2 rings (SSSR count). The summed E-state index contributed by atoms with van der Waals surface area (Å²) in [5.74, 6) is 6.00. The molecule has 0 radical (unpaired) electrons. The zero-order chi connectivity index (χ0) is 17.9. The summed E-state index contributed by atoms with van der Waals surface area (Å²) in [5, 5.41) is 15.0. The maximum atomic E-state index is 9.33. The van der Waals surface area contributed by atoms with Crippen LogP contribution in [0, 0.1) is 0 Å². The molecule has 0 bridgehead atoms. The lowest BCUT2D eigenvalue weighted by molar-refractivity contribution is -0.0645. The molecule has 2 aromatic heterocycles. The normalized spacial score (nSPS) is 14.8. The summed E-state index contributed by atoms with van der Waals surface area (Å²) in [6.07, 6.45) is 3.13. The average molecular weight is 336 g/mol. The molecule has 0 amide bonds. The summed E-state index contributed by atoms with van der Waals surface area (Å²) in [6.45, 7) is 3.72. The number of hydrazone groups is 1. The summed E-state index contributed by atoms with van der Waals surface area (Å²) in [5.41, 5.74) is 13.1. The highest BCUT2D eigenvalue weighted by Crippen LogP contribution is 2.27. The molecule has 0 saturated heterocycles. The number of aliphatic hydroxyl groups excluding tert-OH is 1. The maximum Gasteiger partial charge on any atom is 0.154 e. The molecule has 132 valence electrons. The van der Waals surface area contributed by atoms with E-state index in [2.05, 4.69) is 15.1 Å². The fourth-order valence-corrected chi connectivity index (χ4v) is 2.42. The van der Waals surface area contributed by atoms with Crippen LogP contribution in [0.4, 0.5) is 5.82 Å². The van der Waals surface area contributed by atoms with Gasteiger partial charge in [-0.15, -0.1) is 5.10 Å². The Morgan fingerprint density at radius 2 is 2.21 bits per heavy atom. The van der Waals surface area contributed by atoms with Crippen LogP contribution in [0.2, 0.25) is 0 Å². The molecule has 10 nitrogen and oxygen atoms in total. The second kappa shape index (κ2) is 7.43. The zero-order valence-corrected chi connectivity index (χ0v) is 14.0. The van der Waals surface area contributed by atoms with Crippen molar-refractivity contribution in [2.45, 2.75) is 32.6 Å². The van der Waals surface area contributed by atoms with Gasteiger partial charge in [-0.3, -0.25) is 0 Å². The molecule has 24 heavy (non-hydrogen) atoms. The van der Waals surface area contributed by atoms with Crippen LogP contribution in [0.5, 0.6) is 0 Å². The lowest BCUT2D eigenvalue weighted by atomic mass is 10.2. The quantitative estimate of drug-likeness (QED) is 0.233. The van der Waals surface area contributed by atoms with Crippen molar-refractivity contribution < 1.29 is 9.84 Å². The lowest BCUT2D eigenvalue weighted by Gasteiger charge is -2.21. The van der Waals surface area contributed by atoms with Gasteiger partial charge in [0.1, 0.15) is 24.0 Å². The Morgan fingerprint density at radius 1 is 1.50 bits per heavy atom. The van der Waals surface area contributed by atoms with Gasteiger partial charge in [0.2, 0.25) is 0 Å². The number of hydrogen-bond acceptors (Lipinski definition) is 8. The molecule has 0 aliphatic carbocycles. The molecule has 7 N–H and O–H groups in total. The minimum absolute atomic E-state index is 0.0639. The number of aromatic nitrogens is 3. The third-order valence-corrected chi connectivity index (χ3v) is 3.62. The first-order valence-electron chi connectivity index (χ1n) is 7.59. The second-order valence-electron chi connectivity index (χ2n) is 5.41. The third kappa shape index (κ3) is 3.55. The highest BCUT2D eigenvalue weighted by atomic mass is 16.5. The molecule has 0 fully saturated rings. The highest BCUT2D eigenvalue weighted by molar-refractivity contribution is 6.11. The number of hydrogen-bond donors (Lipinski definition) is 4. The SMILES string of the molecule is CC[C@@H](CO)O[C@H](C)n1cc(/C(N)=N/N(C)N)c2c(N)ncnc21. The van der Waals surface area contributed by atoms with Crippen molar-refractivity contribution >= 4 is 22.7 Å². The van der Waals surface area contributed by atoms with Crippen molar-refractivity contribution in [2.75, 3.05) is 19.4 Å². The van der Waals surface area contributed by atoms with Crippen molar-refractivity contribution in [2.24, 2.45) is 16.7 Å². The van der Waals surface area contributed by atoms with Gasteiger partial charge < -0.3 is 25.9 Å². The van der Waals surface area contributed by atoms with E-state index in [1.165, 1.54) is 6.33 Å². The first-order chi connectivity index (χ1) is 11.4. The molecular formula is C14H24N8O2. The van der Waals surface area contributed by atoms with Gasteiger partial charge in [0.05, 0.1) is 18.1 Å². The van der Waals surface area contributed by atoms with Gasteiger partial charge >= 0.3 is 0 Å². The van der Waals surface area contributed by atoms with Crippen molar-refractivity contribution in [1.29, 1.82) is 0 Å². The van der Waals surface area contributed by atoms with Crippen LogP contribution in [0.15, 0.2) is 17.6 Å². The number of aliphatic hydroxyl groups is 1. The van der Waals surface area contributed by atoms with E-state index in [4.69, 9.17) is 22.0 Å². The number of fused-ring (bicyclic) bond motifs is 1. The summed E-state index contributed by atoms with van der Waals surface area (Å²) >= 11 is 0. The molecule has 2 atom stereocenters. The number of nitrogen functional groups attached to an aromatic ring is 1. The van der Waals surface area contributed by atoms with Gasteiger partial charge in [-0.05, 0) is 13.3 Å². The maximum absolute atomic E-state index is 9.33. The lowest BCUT2D eigenvalue weighted by Crippen LogP contribution is -2.25. The summed E-state index contributed by atoms with van der Waals surface area (Å²) in [6, 6.07) is 0. The predicted octanol–water partition coefficient (Wildman–Crippen LogP) is -0.255. The minimum atomic E-state index is -0.393. The minimum Gasteiger partial charge on any atom is -0.394 e. The Labute approximate surface area is 139 Å². The fraction of sp³-hybridized carbons (Fsp3) is 0.500. The summed E-state index contributed by atoms with van der Waals surface area (Å²) in [4.78, 5) is 8.29. The third-order valence-electron chi connectivity index (χ3n) is 3.62. The first kappa shape index (κ1) is 17.9. The van der Waals surface area contributed by atoms with E-state index in [0.29, 0.717) is 23.0 Å². The first-order valence-corrected chi connectivity index (χ1v) is 7.59. The number of rotatable bonds is 7. The Hall–Kier alpha value is -2.43. The van der Waals surface area contributed by atoms with Crippen LogP contribution in [-0.4, -0.2) is 50.4 Å². The molecular weight excluding hydrogens is 312 g/mol.